The van der Waals surface area contributed by atoms with Gasteiger partial charge in [0.05, 0.1) is 13.7 Å². The average Bonchev–Trinajstić information content (AvgIpc) is 2.41. The summed E-state index contributed by atoms with van der Waals surface area (Å²) in [6, 6.07) is 6.21. The number of benzene rings is 1. The van der Waals surface area contributed by atoms with Gasteiger partial charge in [-0.05, 0) is 34.9 Å². The van der Waals surface area contributed by atoms with E-state index in [-0.39, 0.29) is 11.4 Å². The third-order valence-corrected chi connectivity index (χ3v) is 3.27. The van der Waals surface area contributed by atoms with Crippen LogP contribution in [0.5, 0.6) is 5.75 Å². The summed E-state index contributed by atoms with van der Waals surface area (Å²) >= 11 is 0. The zero-order valence-corrected chi connectivity index (χ0v) is 14.2. The van der Waals surface area contributed by atoms with Crippen LogP contribution in [0.1, 0.15) is 52.2 Å². The molecule has 0 heterocycles. The largest absolute Gasteiger partial charge is 0.493 e. The van der Waals surface area contributed by atoms with E-state index in [0.717, 1.165) is 11.3 Å². The second kappa shape index (κ2) is 7.48. The summed E-state index contributed by atoms with van der Waals surface area (Å²) in [6.07, 6.45) is 1.10. The van der Waals surface area contributed by atoms with Crippen molar-refractivity contribution in [1.29, 1.82) is 0 Å². The van der Waals surface area contributed by atoms with Crippen molar-refractivity contribution in [3.8, 4) is 5.75 Å². The number of hydrogen-bond acceptors (Lipinski definition) is 3. The number of aryl methyl sites for hydroxylation is 1. The third-order valence-electron chi connectivity index (χ3n) is 3.27. The Hall–Kier alpha value is -1.51. The van der Waals surface area contributed by atoms with Crippen molar-refractivity contribution in [2.45, 2.75) is 52.9 Å². The summed E-state index contributed by atoms with van der Waals surface area (Å²) in [7, 11) is 1.42. The van der Waals surface area contributed by atoms with E-state index < -0.39 is 0 Å². The van der Waals surface area contributed by atoms with Gasteiger partial charge in [-0.1, -0.05) is 46.8 Å². The molecule has 0 aliphatic rings. The van der Waals surface area contributed by atoms with Gasteiger partial charge < -0.3 is 9.47 Å². The number of ether oxygens (including phenoxy) is 2. The predicted octanol–water partition coefficient (Wildman–Crippen LogP) is 4.12. The maximum Gasteiger partial charge on any atom is 0.305 e. The molecule has 1 aromatic carbocycles. The number of carbonyl (C=O) groups is 1. The van der Waals surface area contributed by atoms with Gasteiger partial charge in [0.2, 0.25) is 0 Å². The summed E-state index contributed by atoms with van der Waals surface area (Å²) in [4.78, 5) is 11.3. The number of rotatable bonds is 6. The monoisotopic (exact) mass is 292 g/mol. The van der Waals surface area contributed by atoms with Gasteiger partial charge in [-0.2, -0.15) is 0 Å². The van der Waals surface area contributed by atoms with Gasteiger partial charge in [0, 0.05) is 6.42 Å². The molecule has 0 saturated heterocycles. The molecule has 1 aromatic rings. The minimum Gasteiger partial charge on any atom is -0.493 e. The molecule has 0 unspecified atom stereocenters. The molecular formula is C18H28O3. The third kappa shape index (κ3) is 5.78. The van der Waals surface area contributed by atoms with Crippen LogP contribution in [-0.4, -0.2) is 19.7 Å². The predicted molar refractivity (Wildman–Crippen MR) is 85.8 cm³/mol. The van der Waals surface area contributed by atoms with Crippen molar-refractivity contribution in [1.82, 2.24) is 0 Å². The van der Waals surface area contributed by atoms with Gasteiger partial charge in [0.25, 0.3) is 0 Å². The number of carbonyl (C=O) groups excluding carboxylic acids is 1. The summed E-state index contributed by atoms with van der Waals surface area (Å²) in [5.41, 5.74) is 2.33. The van der Waals surface area contributed by atoms with Gasteiger partial charge >= 0.3 is 5.97 Å². The summed E-state index contributed by atoms with van der Waals surface area (Å²) in [5.74, 6) is 1.27. The lowest BCUT2D eigenvalue weighted by Gasteiger charge is -2.24. The molecule has 0 saturated carbocycles. The Kier molecular flexibility index (Phi) is 6.25. The van der Waals surface area contributed by atoms with Gasteiger partial charge in [-0.3, -0.25) is 4.79 Å². The lowest BCUT2D eigenvalue weighted by Crippen LogP contribution is -2.16. The first-order valence-electron chi connectivity index (χ1n) is 7.57. The quantitative estimate of drug-likeness (QED) is 0.740. The van der Waals surface area contributed by atoms with Crippen molar-refractivity contribution < 1.29 is 14.3 Å². The van der Waals surface area contributed by atoms with E-state index in [9.17, 15) is 4.79 Å². The summed E-state index contributed by atoms with van der Waals surface area (Å²) in [5, 5.41) is 0. The Labute approximate surface area is 128 Å². The molecule has 0 radical (unpaired) electrons. The highest BCUT2D eigenvalue weighted by atomic mass is 16.5. The summed E-state index contributed by atoms with van der Waals surface area (Å²) < 4.78 is 10.6. The second-order valence-corrected chi connectivity index (χ2v) is 6.86. The lowest BCUT2D eigenvalue weighted by atomic mass is 9.85. The average molecular weight is 292 g/mol. The first-order chi connectivity index (χ1) is 9.74. The minimum absolute atomic E-state index is 0.00753. The van der Waals surface area contributed by atoms with E-state index in [0.29, 0.717) is 25.4 Å². The standard InChI is InChI=1S/C18H28O3/c1-13(2)12-21-16-9-7-14(8-10-17(19)20-6)11-15(16)18(3,4)5/h7,9,11,13H,8,10,12H2,1-6H3. The molecule has 0 aliphatic carbocycles. The van der Waals surface area contributed by atoms with Gasteiger partial charge in [-0.15, -0.1) is 0 Å². The Bertz CT molecular complexity index is 470. The van der Waals surface area contributed by atoms with Gasteiger partial charge in [0.1, 0.15) is 5.75 Å². The smallest absolute Gasteiger partial charge is 0.305 e. The number of methoxy groups -OCH3 is 1. The molecule has 0 amide bonds. The molecule has 0 atom stereocenters. The van der Waals surface area contributed by atoms with Gasteiger partial charge in [-0.25, -0.2) is 0 Å². The zero-order valence-electron chi connectivity index (χ0n) is 14.2. The van der Waals surface area contributed by atoms with Crippen LogP contribution in [0.25, 0.3) is 0 Å². The SMILES string of the molecule is COC(=O)CCc1ccc(OCC(C)C)c(C(C)(C)C)c1. The fourth-order valence-corrected chi connectivity index (χ4v) is 2.05. The Morgan fingerprint density at radius 2 is 1.90 bits per heavy atom. The van der Waals surface area contributed by atoms with Crippen molar-refractivity contribution in [3.05, 3.63) is 29.3 Å². The highest BCUT2D eigenvalue weighted by molar-refractivity contribution is 5.69. The van der Waals surface area contributed by atoms with E-state index in [2.05, 4.69) is 40.7 Å². The maximum atomic E-state index is 11.3. The first kappa shape index (κ1) is 17.5. The molecular weight excluding hydrogens is 264 g/mol. The Morgan fingerprint density at radius 3 is 2.43 bits per heavy atom. The molecule has 21 heavy (non-hydrogen) atoms. The van der Waals surface area contributed by atoms with Crippen LogP contribution in [0, 0.1) is 5.92 Å². The first-order valence-corrected chi connectivity index (χ1v) is 7.57. The molecule has 3 heteroatoms. The summed E-state index contributed by atoms with van der Waals surface area (Å²) in [6.45, 7) is 11.5. The molecule has 1 rings (SSSR count). The molecule has 3 nitrogen and oxygen atoms in total. The van der Waals surface area contributed by atoms with E-state index in [1.165, 1.54) is 12.7 Å². The van der Waals surface area contributed by atoms with E-state index in [1.807, 2.05) is 12.1 Å². The van der Waals surface area contributed by atoms with Crippen molar-refractivity contribution in [3.63, 3.8) is 0 Å². The van der Waals surface area contributed by atoms with Crippen LogP contribution < -0.4 is 4.74 Å². The second-order valence-electron chi connectivity index (χ2n) is 6.86. The minimum atomic E-state index is -0.174. The Balaban J connectivity index is 2.93. The highest BCUT2D eigenvalue weighted by Gasteiger charge is 2.20. The molecule has 0 fully saturated rings. The van der Waals surface area contributed by atoms with Crippen molar-refractivity contribution in [2.24, 2.45) is 5.92 Å². The van der Waals surface area contributed by atoms with E-state index in [1.54, 1.807) is 0 Å². The zero-order chi connectivity index (χ0) is 16.0. The Morgan fingerprint density at radius 1 is 1.24 bits per heavy atom. The lowest BCUT2D eigenvalue weighted by molar-refractivity contribution is -0.140. The highest BCUT2D eigenvalue weighted by Crippen LogP contribution is 2.32. The number of hydrogen-bond donors (Lipinski definition) is 0. The maximum absolute atomic E-state index is 11.3. The van der Waals surface area contributed by atoms with E-state index in [4.69, 9.17) is 9.47 Å². The van der Waals surface area contributed by atoms with Crippen LogP contribution in [0.15, 0.2) is 18.2 Å². The van der Waals surface area contributed by atoms with E-state index >= 15 is 0 Å². The molecule has 0 spiro atoms. The fourth-order valence-electron chi connectivity index (χ4n) is 2.05. The van der Waals surface area contributed by atoms with Crippen LogP contribution in [-0.2, 0) is 21.4 Å². The normalized spacial score (nSPS) is 11.6. The van der Waals surface area contributed by atoms with Crippen molar-refractivity contribution in [2.75, 3.05) is 13.7 Å². The van der Waals surface area contributed by atoms with Crippen LogP contribution in [0.4, 0.5) is 0 Å². The van der Waals surface area contributed by atoms with Crippen LogP contribution in [0.2, 0.25) is 0 Å². The molecule has 0 N–H and O–H groups in total. The molecule has 0 bridgehead atoms. The number of esters is 1. The topological polar surface area (TPSA) is 35.5 Å². The van der Waals surface area contributed by atoms with Gasteiger partial charge in [0.15, 0.2) is 0 Å². The van der Waals surface area contributed by atoms with Crippen molar-refractivity contribution >= 4 is 5.97 Å². The molecule has 118 valence electrons. The fraction of sp³-hybridized carbons (Fsp3) is 0.611. The van der Waals surface area contributed by atoms with Crippen LogP contribution >= 0.6 is 0 Å². The molecule has 0 aromatic heterocycles. The molecule has 0 aliphatic heterocycles. The van der Waals surface area contributed by atoms with Crippen LogP contribution in [0.3, 0.4) is 0 Å².